The summed E-state index contributed by atoms with van der Waals surface area (Å²) in [4.78, 5) is 4.62. The van der Waals surface area contributed by atoms with E-state index in [1.807, 2.05) is 36.6 Å². The molecular weight excluding hydrogens is 332 g/mol. The minimum atomic E-state index is 0.576. The predicted molar refractivity (Wildman–Crippen MR) is 103 cm³/mol. The minimum absolute atomic E-state index is 0.576. The van der Waals surface area contributed by atoms with Crippen LogP contribution < -0.4 is 20.1 Å². The summed E-state index contributed by atoms with van der Waals surface area (Å²) in [6.07, 6.45) is 2.60. The highest BCUT2D eigenvalue weighted by Crippen LogP contribution is 2.30. The maximum Gasteiger partial charge on any atom is 0.195 e. The highest BCUT2D eigenvalue weighted by Gasteiger charge is 2.07. The van der Waals surface area contributed by atoms with Crippen molar-refractivity contribution in [3.8, 4) is 11.5 Å². The normalized spacial score (nSPS) is 11.3. The van der Waals surface area contributed by atoms with Gasteiger partial charge in [-0.05, 0) is 26.0 Å². The molecule has 1 heterocycles. The van der Waals surface area contributed by atoms with E-state index in [4.69, 9.17) is 9.47 Å². The Kier molecular flexibility index (Phi) is 7.73. The molecule has 2 rings (SSSR count). The molecule has 0 spiro atoms. The van der Waals surface area contributed by atoms with Crippen molar-refractivity contribution in [3.63, 3.8) is 0 Å². The van der Waals surface area contributed by atoms with E-state index in [9.17, 15) is 0 Å². The maximum atomic E-state index is 5.62. The van der Waals surface area contributed by atoms with E-state index in [-0.39, 0.29) is 0 Å². The van der Waals surface area contributed by atoms with Crippen LogP contribution in [-0.4, -0.2) is 47.5 Å². The lowest BCUT2D eigenvalue weighted by Gasteiger charge is -2.14. The Morgan fingerprint density at radius 3 is 2.77 bits per heavy atom. The summed E-state index contributed by atoms with van der Waals surface area (Å²) < 4.78 is 13.0. The van der Waals surface area contributed by atoms with Crippen LogP contribution in [0.1, 0.15) is 26.6 Å². The van der Waals surface area contributed by atoms with Crippen molar-refractivity contribution in [2.75, 3.05) is 32.1 Å². The van der Waals surface area contributed by atoms with E-state index in [0.29, 0.717) is 30.6 Å². The summed E-state index contributed by atoms with van der Waals surface area (Å²) in [5, 5.41) is 14.6. The topological polar surface area (TPSA) is 85.6 Å². The number of hydrogen-bond donors (Lipinski definition) is 2. The third-order valence-electron chi connectivity index (χ3n) is 3.69. The molecule has 1 aromatic heterocycles. The Balaban J connectivity index is 2.05. The van der Waals surface area contributed by atoms with Crippen molar-refractivity contribution in [1.82, 2.24) is 20.1 Å². The van der Waals surface area contributed by atoms with Crippen LogP contribution in [0.3, 0.4) is 0 Å². The fraction of sp³-hybridized carbons (Fsp3) is 0.500. The molecule has 0 radical (unpaired) electrons. The second kappa shape index (κ2) is 10.3. The average Bonchev–Trinajstić information content (AvgIpc) is 3.10. The number of methoxy groups -OCH3 is 1. The Labute approximate surface area is 154 Å². The van der Waals surface area contributed by atoms with Gasteiger partial charge in [-0.25, -0.2) is 0 Å². The number of guanidine groups is 1. The molecule has 26 heavy (non-hydrogen) atoms. The summed E-state index contributed by atoms with van der Waals surface area (Å²) in [6, 6.07) is 5.72. The molecule has 0 bridgehead atoms. The van der Waals surface area contributed by atoms with E-state index in [1.54, 1.807) is 13.4 Å². The Morgan fingerprint density at radius 2 is 2.08 bits per heavy atom. The van der Waals surface area contributed by atoms with Crippen molar-refractivity contribution in [2.24, 2.45) is 4.99 Å². The van der Waals surface area contributed by atoms with E-state index < -0.39 is 0 Å². The molecular formula is C18H28N6O2. The Hall–Kier alpha value is -2.77. The minimum Gasteiger partial charge on any atom is -0.493 e. The Morgan fingerprint density at radius 1 is 1.23 bits per heavy atom. The van der Waals surface area contributed by atoms with Crippen molar-refractivity contribution < 1.29 is 9.47 Å². The monoisotopic (exact) mass is 360 g/mol. The summed E-state index contributed by atoms with van der Waals surface area (Å²) >= 11 is 0. The fourth-order valence-electron chi connectivity index (χ4n) is 2.48. The molecule has 2 aromatic rings. The molecule has 0 aliphatic rings. The smallest absolute Gasteiger partial charge is 0.195 e. The summed E-state index contributed by atoms with van der Waals surface area (Å²) in [5.74, 6) is 3.09. The summed E-state index contributed by atoms with van der Waals surface area (Å²) in [7, 11) is 1.63. The highest BCUT2D eigenvalue weighted by atomic mass is 16.5. The van der Waals surface area contributed by atoms with Crippen LogP contribution >= 0.6 is 0 Å². The van der Waals surface area contributed by atoms with Crippen molar-refractivity contribution in [2.45, 2.75) is 33.7 Å². The first-order valence-electron chi connectivity index (χ1n) is 8.94. The van der Waals surface area contributed by atoms with Gasteiger partial charge >= 0.3 is 0 Å². The van der Waals surface area contributed by atoms with Gasteiger partial charge in [-0.15, -0.1) is 10.2 Å². The molecule has 0 saturated heterocycles. The lowest BCUT2D eigenvalue weighted by molar-refractivity contribution is 0.311. The first-order valence-corrected chi connectivity index (χ1v) is 8.94. The molecule has 8 heteroatoms. The largest absolute Gasteiger partial charge is 0.493 e. The van der Waals surface area contributed by atoms with Crippen LogP contribution in [0, 0.1) is 0 Å². The second-order valence-corrected chi connectivity index (χ2v) is 5.48. The molecule has 0 fully saturated rings. The van der Waals surface area contributed by atoms with Gasteiger partial charge in [0.05, 0.1) is 20.3 Å². The van der Waals surface area contributed by atoms with Gasteiger partial charge in [-0.1, -0.05) is 6.92 Å². The van der Waals surface area contributed by atoms with Crippen LogP contribution in [0.15, 0.2) is 29.5 Å². The van der Waals surface area contributed by atoms with Crippen LogP contribution in [0.2, 0.25) is 0 Å². The molecule has 0 amide bonds. The second-order valence-electron chi connectivity index (χ2n) is 5.48. The van der Waals surface area contributed by atoms with Crippen molar-refractivity contribution >= 4 is 11.6 Å². The number of hydrogen-bond acceptors (Lipinski definition) is 5. The SMILES string of the molecule is CCNC(=NCCn1cnnc1CC)Nc1ccc(OC)c(OCC)c1. The first-order chi connectivity index (χ1) is 12.7. The number of rotatable bonds is 9. The van der Waals surface area contributed by atoms with Gasteiger partial charge in [0.1, 0.15) is 12.2 Å². The van der Waals surface area contributed by atoms with E-state index in [0.717, 1.165) is 31.0 Å². The van der Waals surface area contributed by atoms with Crippen LogP contribution in [0.4, 0.5) is 5.69 Å². The first kappa shape index (κ1) is 19.6. The number of aromatic nitrogens is 3. The fourth-order valence-corrected chi connectivity index (χ4v) is 2.48. The maximum absolute atomic E-state index is 5.62. The zero-order valence-corrected chi connectivity index (χ0v) is 16.0. The zero-order valence-electron chi connectivity index (χ0n) is 16.0. The molecule has 2 N–H and O–H groups in total. The molecule has 0 unspecified atom stereocenters. The third kappa shape index (κ3) is 5.37. The lowest BCUT2D eigenvalue weighted by atomic mass is 10.2. The number of benzene rings is 1. The highest BCUT2D eigenvalue weighted by molar-refractivity contribution is 5.93. The quantitative estimate of drug-likeness (QED) is 0.527. The Bertz CT molecular complexity index is 713. The summed E-state index contributed by atoms with van der Waals surface area (Å²) in [5.41, 5.74) is 0.882. The number of anilines is 1. The standard InChI is InChI=1S/C18H28N6O2/c1-5-17-23-21-13-24(17)11-10-20-18(19-6-2)22-14-8-9-15(25-4)16(12-14)26-7-3/h8-9,12-13H,5-7,10-11H2,1-4H3,(H2,19,20,22). The number of nitrogens with one attached hydrogen (secondary N) is 2. The van der Waals surface area contributed by atoms with E-state index in [2.05, 4.69) is 32.7 Å². The van der Waals surface area contributed by atoms with Crippen LogP contribution in [0.25, 0.3) is 0 Å². The molecule has 0 saturated carbocycles. The van der Waals surface area contributed by atoms with Gasteiger partial charge < -0.3 is 24.7 Å². The number of aliphatic imine (C=N–C) groups is 1. The molecule has 0 aliphatic heterocycles. The van der Waals surface area contributed by atoms with Gasteiger partial charge in [0.2, 0.25) is 0 Å². The molecule has 142 valence electrons. The van der Waals surface area contributed by atoms with Gasteiger partial charge in [-0.3, -0.25) is 4.99 Å². The predicted octanol–water partition coefficient (Wildman–Crippen LogP) is 2.33. The third-order valence-corrected chi connectivity index (χ3v) is 3.69. The zero-order chi connectivity index (χ0) is 18.8. The number of aryl methyl sites for hydroxylation is 1. The van der Waals surface area contributed by atoms with Crippen LogP contribution in [0.5, 0.6) is 11.5 Å². The molecule has 0 atom stereocenters. The molecule has 8 nitrogen and oxygen atoms in total. The lowest BCUT2D eigenvalue weighted by Crippen LogP contribution is -2.31. The number of ether oxygens (including phenoxy) is 2. The van der Waals surface area contributed by atoms with Crippen LogP contribution in [-0.2, 0) is 13.0 Å². The van der Waals surface area contributed by atoms with E-state index >= 15 is 0 Å². The molecule has 1 aromatic carbocycles. The van der Waals surface area contributed by atoms with Crippen molar-refractivity contribution in [1.29, 1.82) is 0 Å². The van der Waals surface area contributed by atoms with Crippen molar-refractivity contribution in [3.05, 3.63) is 30.4 Å². The van der Waals surface area contributed by atoms with Gasteiger partial charge in [0.15, 0.2) is 17.5 Å². The van der Waals surface area contributed by atoms with Gasteiger partial charge in [0, 0.05) is 31.3 Å². The van der Waals surface area contributed by atoms with Gasteiger partial charge in [-0.2, -0.15) is 0 Å². The summed E-state index contributed by atoms with van der Waals surface area (Å²) in [6.45, 7) is 8.75. The average molecular weight is 360 g/mol. The van der Waals surface area contributed by atoms with Gasteiger partial charge in [0.25, 0.3) is 0 Å². The molecule has 0 aliphatic carbocycles. The number of nitrogens with zero attached hydrogens (tertiary/aromatic N) is 4. The van der Waals surface area contributed by atoms with E-state index in [1.165, 1.54) is 0 Å².